The summed E-state index contributed by atoms with van der Waals surface area (Å²) in [5, 5.41) is 0. The van der Waals surface area contributed by atoms with Crippen molar-refractivity contribution in [3.8, 4) is 5.75 Å². The summed E-state index contributed by atoms with van der Waals surface area (Å²) in [6.07, 6.45) is 4.46. The predicted octanol–water partition coefficient (Wildman–Crippen LogP) is 3.80. The number of benzene rings is 1. The molecule has 0 radical (unpaired) electrons. The van der Waals surface area contributed by atoms with Gasteiger partial charge in [0.1, 0.15) is 0 Å². The van der Waals surface area contributed by atoms with Crippen LogP contribution in [0.5, 0.6) is 5.75 Å². The summed E-state index contributed by atoms with van der Waals surface area (Å²) in [5.41, 5.74) is 6.53. The third-order valence-electron chi connectivity index (χ3n) is 2.73. The molecule has 2 nitrogen and oxygen atoms in total. The lowest BCUT2D eigenvalue weighted by molar-refractivity contribution is 0.286. The number of ether oxygens (including phenoxy) is 1. The summed E-state index contributed by atoms with van der Waals surface area (Å²) in [7, 11) is 0. The Kier molecular flexibility index (Phi) is 5.98. The van der Waals surface area contributed by atoms with E-state index in [9.17, 15) is 4.39 Å². The first-order valence-corrected chi connectivity index (χ1v) is 6.33. The molecule has 96 valence electrons. The average molecular weight is 239 g/mol. The zero-order chi connectivity index (χ0) is 12.7. The number of hydrogen-bond donors (Lipinski definition) is 1. The van der Waals surface area contributed by atoms with Gasteiger partial charge in [-0.15, -0.1) is 0 Å². The zero-order valence-electron chi connectivity index (χ0n) is 10.7. The Morgan fingerprint density at radius 1 is 1.29 bits per heavy atom. The monoisotopic (exact) mass is 239 g/mol. The molecule has 1 atom stereocenters. The Morgan fingerprint density at radius 3 is 2.71 bits per heavy atom. The Hall–Kier alpha value is -1.09. The first-order chi connectivity index (χ1) is 8.16. The Balaban J connectivity index is 2.57. The van der Waals surface area contributed by atoms with E-state index in [1.165, 1.54) is 18.9 Å². The third-order valence-corrected chi connectivity index (χ3v) is 2.73. The summed E-state index contributed by atoms with van der Waals surface area (Å²) in [6.45, 7) is 4.55. The minimum absolute atomic E-state index is 0.212. The number of nitrogens with two attached hydrogens (primary N) is 1. The van der Waals surface area contributed by atoms with Crippen LogP contribution in [-0.2, 0) is 0 Å². The maximum Gasteiger partial charge on any atom is 0.165 e. The van der Waals surface area contributed by atoms with Crippen LogP contribution in [0.2, 0.25) is 0 Å². The maximum absolute atomic E-state index is 13.6. The summed E-state index contributed by atoms with van der Waals surface area (Å²) in [4.78, 5) is 0. The van der Waals surface area contributed by atoms with Gasteiger partial charge in [0.2, 0.25) is 0 Å². The minimum atomic E-state index is -0.324. The molecule has 3 heteroatoms. The SMILES string of the molecule is CCCCCCOc1c(F)cccc1[C@H](C)N. The smallest absolute Gasteiger partial charge is 0.165 e. The first-order valence-electron chi connectivity index (χ1n) is 6.33. The van der Waals surface area contributed by atoms with Gasteiger partial charge in [-0.3, -0.25) is 0 Å². The van der Waals surface area contributed by atoms with Crippen LogP contribution >= 0.6 is 0 Å². The highest BCUT2D eigenvalue weighted by Gasteiger charge is 2.12. The molecule has 0 unspecified atom stereocenters. The van der Waals surface area contributed by atoms with Crippen molar-refractivity contribution in [1.82, 2.24) is 0 Å². The van der Waals surface area contributed by atoms with Gasteiger partial charge in [0, 0.05) is 11.6 Å². The molecule has 0 heterocycles. The highest BCUT2D eigenvalue weighted by molar-refractivity contribution is 5.36. The van der Waals surface area contributed by atoms with Crippen LogP contribution in [0, 0.1) is 5.82 Å². The van der Waals surface area contributed by atoms with E-state index in [-0.39, 0.29) is 11.9 Å². The highest BCUT2D eigenvalue weighted by Crippen LogP contribution is 2.27. The molecule has 0 aliphatic rings. The van der Waals surface area contributed by atoms with Crippen LogP contribution in [0.25, 0.3) is 0 Å². The summed E-state index contributed by atoms with van der Waals surface area (Å²) in [6, 6.07) is 4.68. The maximum atomic E-state index is 13.6. The molecular weight excluding hydrogens is 217 g/mol. The number of rotatable bonds is 7. The van der Waals surface area contributed by atoms with Gasteiger partial charge in [-0.25, -0.2) is 4.39 Å². The normalized spacial score (nSPS) is 12.5. The van der Waals surface area contributed by atoms with Crippen LogP contribution in [0.1, 0.15) is 51.1 Å². The molecule has 0 amide bonds. The van der Waals surface area contributed by atoms with Crippen molar-refractivity contribution < 1.29 is 9.13 Å². The van der Waals surface area contributed by atoms with Crippen molar-refractivity contribution in [1.29, 1.82) is 0 Å². The van der Waals surface area contributed by atoms with Gasteiger partial charge in [-0.2, -0.15) is 0 Å². The van der Waals surface area contributed by atoms with Crippen molar-refractivity contribution in [3.63, 3.8) is 0 Å². The largest absolute Gasteiger partial charge is 0.490 e. The number of unbranched alkanes of at least 4 members (excludes halogenated alkanes) is 3. The number of hydrogen-bond acceptors (Lipinski definition) is 2. The lowest BCUT2D eigenvalue weighted by Crippen LogP contribution is -2.10. The van der Waals surface area contributed by atoms with Gasteiger partial charge in [0.25, 0.3) is 0 Å². The van der Waals surface area contributed by atoms with E-state index in [2.05, 4.69) is 6.92 Å². The molecule has 1 aromatic rings. The average Bonchev–Trinajstić information content (AvgIpc) is 2.30. The van der Waals surface area contributed by atoms with Crippen LogP contribution in [0.15, 0.2) is 18.2 Å². The van der Waals surface area contributed by atoms with E-state index in [1.807, 2.05) is 13.0 Å². The van der Waals surface area contributed by atoms with Gasteiger partial charge in [-0.05, 0) is 19.4 Å². The summed E-state index contributed by atoms with van der Waals surface area (Å²) >= 11 is 0. The third kappa shape index (κ3) is 4.35. The lowest BCUT2D eigenvalue weighted by Gasteiger charge is -2.14. The Bertz CT molecular complexity index is 339. The van der Waals surface area contributed by atoms with E-state index in [0.717, 1.165) is 18.4 Å². The van der Waals surface area contributed by atoms with Crippen molar-refractivity contribution in [2.24, 2.45) is 5.73 Å². The second kappa shape index (κ2) is 7.28. The zero-order valence-corrected chi connectivity index (χ0v) is 10.7. The van der Waals surface area contributed by atoms with Gasteiger partial charge in [0.15, 0.2) is 11.6 Å². The fourth-order valence-electron chi connectivity index (χ4n) is 1.74. The van der Waals surface area contributed by atoms with Crippen LogP contribution in [0.3, 0.4) is 0 Å². The Morgan fingerprint density at radius 2 is 2.06 bits per heavy atom. The molecule has 0 aliphatic heterocycles. The van der Waals surface area contributed by atoms with Gasteiger partial charge >= 0.3 is 0 Å². The molecular formula is C14H22FNO. The highest BCUT2D eigenvalue weighted by atomic mass is 19.1. The minimum Gasteiger partial charge on any atom is -0.490 e. The molecule has 0 saturated carbocycles. The molecule has 0 bridgehead atoms. The fraction of sp³-hybridized carbons (Fsp3) is 0.571. The molecule has 0 aliphatic carbocycles. The molecule has 0 spiro atoms. The summed E-state index contributed by atoms with van der Waals surface area (Å²) < 4.78 is 19.1. The molecule has 1 aromatic carbocycles. The van der Waals surface area contributed by atoms with Gasteiger partial charge < -0.3 is 10.5 Å². The topological polar surface area (TPSA) is 35.2 Å². The van der Waals surface area contributed by atoms with E-state index >= 15 is 0 Å². The van der Waals surface area contributed by atoms with Crippen molar-refractivity contribution >= 4 is 0 Å². The van der Waals surface area contributed by atoms with Crippen LogP contribution < -0.4 is 10.5 Å². The molecule has 2 N–H and O–H groups in total. The number of para-hydroxylation sites is 1. The van der Waals surface area contributed by atoms with E-state index in [1.54, 1.807) is 6.07 Å². The van der Waals surface area contributed by atoms with Gasteiger partial charge in [0.05, 0.1) is 6.61 Å². The second-order valence-corrected chi connectivity index (χ2v) is 4.36. The Labute approximate surface area is 103 Å². The fourth-order valence-corrected chi connectivity index (χ4v) is 1.74. The van der Waals surface area contributed by atoms with E-state index < -0.39 is 0 Å². The lowest BCUT2D eigenvalue weighted by atomic mass is 10.1. The standard InChI is InChI=1S/C14H22FNO/c1-3-4-5-6-10-17-14-12(11(2)16)8-7-9-13(14)15/h7-9,11H,3-6,10,16H2,1-2H3/t11-/m0/s1. The molecule has 1 rings (SSSR count). The summed E-state index contributed by atoms with van der Waals surface area (Å²) in [5.74, 6) is -0.00529. The molecule has 17 heavy (non-hydrogen) atoms. The quantitative estimate of drug-likeness (QED) is 0.734. The molecule has 0 saturated heterocycles. The van der Waals surface area contributed by atoms with E-state index in [4.69, 9.17) is 10.5 Å². The molecule has 0 aromatic heterocycles. The molecule has 0 fully saturated rings. The van der Waals surface area contributed by atoms with Gasteiger partial charge in [-0.1, -0.05) is 38.3 Å². The second-order valence-electron chi connectivity index (χ2n) is 4.36. The number of halogens is 1. The van der Waals surface area contributed by atoms with E-state index in [0.29, 0.717) is 12.4 Å². The van der Waals surface area contributed by atoms with Crippen LogP contribution in [0.4, 0.5) is 4.39 Å². The van der Waals surface area contributed by atoms with Crippen molar-refractivity contribution in [2.45, 2.75) is 45.6 Å². The van der Waals surface area contributed by atoms with Crippen LogP contribution in [-0.4, -0.2) is 6.61 Å². The van der Waals surface area contributed by atoms with Crippen molar-refractivity contribution in [2.75, 3.05) is 6.61 Å². The first kappa shape index (κ1) is 14.0. The van der Waals surface area contributed by atoms with Crippen molar-refractivity contribution in [3.05, 3.63) is 29.6 Å². The predicted molar refractivity (Wildman–Crippen MR) is 68.6 cm³/mol.